The zero-order chi connectivity index (χ0) is 14.1. The van der Waals surface area contributed by atoms with E-state index in [0.717, 1.165) is 48.6 Å². The van der Waals surface area contributed by atoms with Crippen LogP contribution in [0.3, 0.4) is 0 Å². The molecule has 2 aromatic rings. The molecule has 5 nitrogen and oxygen atoms in total. The first-order valence-corrected chi connectivity index (χ1v) is 6.62. The topological polar surface area (TPSA) is 66.6 Å². The number of fused-ring (bicyclic) bond motifs is 1. The third-order valence-electron chi connectivity index (χ3n) is 3.64. The van der Waals surface area contributed by atoms with Gasteiger partial charge in [0.05, 0.1) is 11.3 Å². The molecular formula is C15H16N2O3. The lowest BCUT2D eigenvalue weighted by Gasteiger charge is -2.28. The maximum absolute atomic E-state index is 11.2. The molecule has 0 atom stereocenters. The quantitative estimate of drug-likeness (QED) is 0.928. The standard InChI is InChI=1S/C15H16N2O3/c1-10-7-12(16-20-10)9-17-6-5-13-11(8-17)3-2-4-14(13)15(18)19/h2-4,7H,5-6,8-9H2,1H3,(H,18,19). The third kappa shape index (κ3) is 2.44. The number of aryl methyl sites for hydroxylation is 1. The SMILES string of the molecule is Cc1cc(CN2CCc3c(cccc3C(=O)O)C2)no1. The van der Waals surface area contributed by atoms with Gasteiger partial charge in [-0.1, -0.05) is 17.3 Å². The van der Waals surface area contributed by atoms with E-state index < -0.39 is 5.97 Å². The molecule has 0 spiro atoms. The Morgan fingerprint density at radius 3 is 3.05 bits per heavy atom. The van der Waals surface area contributed by atoms with Crippen LogP contribution in [0.1, 0.15) is 32.9 Å². The first-order valence-electron chi connectivity index (χ1n) is 6.62. The Balaban J connectivity index is 1.79. The van der Waals surface area contributed by atoms with Gasteiger partial charge >= 0.3 is 5.97 Å². The van der Waals surface area contributed by atoms with Crippen molar-refractivity contribution in [3.8, 4) is 0 Å². The lowest BCUT2D eigenvalue weighted by molar-refractivity contribution is 0.0694. The van der Waals surface area contributed by atoms with Crippen molar-refractivity contribution in [1.82, 2.24) is 10.1 Å². The predicted octanol–water partition coefficient (Wildman–Crippen LogP) is 2.24. The third-order valence-corrected chi connectivity index (χ3v) is 3.64. The predicted molar refractivity (Wildman–Crippen MR) is 72.5 cm³/mol. The Morgan fingerprint density at radius 2 is 2.35 bits per heavy atom. The molecule has 1 aromatic carbocycles. The number of carboxylic acid groups (broad SMARTS) is 1. The number of aromatic nitrogens is 1. The summed E-state index contributed by atoms with van der Waals surface area (Å²) in [7, 11) is 0. The summed E-state index contributed by atoms with van der Waals surface area (Å²) in [4.78, 5) is 13.5. The Morgan fingerprint density at radius 1 is 1.50 bits per heavy atom. The molecule has 0 fully saturated rings. The molecule has 0 radical (unpaired) electrons. The van der Waals surface area contributed by atoms with Crippen LogP contribution >= 0.6 is 0 Å². The number of rotatable bonds is 3. The maximum atomic E-state index is 11.2. The molecule has 0 amide bonds. The highest BCUT2D eigenvalue weighted by Crippen LogP contribution is 2.23. The molecule has 20 heavy (non-hydrogen) atoms. The van der Waals surface area contributed by atoms with E-state index in [1.165, 1.54) is 0 Å². The lowest BCUT2D eigenvalue weighted by atomic mass is 9.94. The van der Waals surface area contributed by atoms with Crippen LogP contribution in [0.25, 0.3) is 0 Å². The zero-order valence-corrected chi connectivity index (χ0v) is 11.3. The van der Waals surface area contributed by atoms with Crippen LogP contribution in [0.2, 0.25) is 0 Å². The van der Waals surface area contributed by atoms with Crippen molar-refractivity contribution in [3.05, 3.63) is 52.4 Å². The van der Waals surface area contributed by atoms with Crippen LogP contribution in [-0.4, -0.2) is 27.7 Å². The first kappa shape index (κ1) is 12.9. The second-order valence-corrected chi connectivity index (χ2v) is 5.14. The summed E-state index contributed by atoms with van der Waals surface area (Å²) in [5.74, 6) is -0.0343. The van der Waals surface area contributed by atoms with Gasteiger partial charge in [-0.25, -0.2) is 4.79 Å². The summed E-state index contributed by atoms with van der Waals surface area (Å²) in [6, 6.07) is 7.43. The molecule has 1 aromatic heterocycles. The summed E-state index contributed by atoms with van der Waals surface area (Å²) < 4.78 is 5.07. The van der Waals surface area contributed by atoms with E-state index in [2.05, 4.69) is 10.1 Å². The molecule has 2 heterocycles. The highest BCUT2D eigenvalue weighted by molar-refractivity contribution is 5.89. The first-order chi connectivity index (χ1) is 9.63. The Hall–Kier alpha value is -2.14. The smallest absolute Gasteiger partial charge is 0.335 e. The average molecular weight is 272 g/mol. The minimum atomic E-state index is -0.845. The highest BCUT2D eigenvalue weighted by Gasteiger charge is 2.21. The zero-order valence-electron chi connectivity index (χ0n) is 11.3. The molecule has 1 aliphatic heterocycles. The number of carboxylic acids is 1. The average Bonchev–Trinajstić information content (AvgIpc) is 2.83. The summed E-state index contributed by atoms with van der Waals surface area (Å²) in [6.45, 7) is 4.20. The number of hydrogen-bond acceptors (Lipinski definition) is 4. The van der Waals surface area contributed by atoms with Crippen LogP contribution in [0, 0.1) is 6.92 Å². The van der Waals surface area contributed by atoms with Gasteiger partial charge in [-0.3, -0.25) is 4.90 Å². The van der Waals surface area contributed by atoms with Crippen LogP contribution in [0.4, 0.5) is 0 Å². The van der Waals surface area contributed by atoms with Crippen molar-refractivity contribution in [2.45, 2.75) is 26.4 Å². The van der Waals surface area contributed by atoms with Crippen molar-refractivity contribution in [3.63, 3.8) is 0 Å². The second kappa shape index (κ2) is 5.09. The molecule has 0 aliphatic carbocycles. The van der Waals surface area contributed by atoms with Gasteiger partial charge in [0.2, 0.25) is 0 Å². The minimum Gasteiger partial charge on any atom is -0.478 e. The number of benzene rings is 1. The van der Waals surface area contributed by atoms with Gasteiger partial charge in [0.15, 0.2) is 0 Å². The molecule has 1 aliphatic rings. The molecule has 0 bridgehead atoms. The van der Waals surface area contributed by atoms with Crippen LogP contribution < -0.4 is 0 Å². The van der Waals surface area contributed by atoms with Crippen molar-refractivity contribution >= 4 is 5.97 Å². The van der Waals surface area contributed by atoms with Crippen LogP contribution in [0.15, 0.2) is 28.8 Å². The second-order valence-electron chi connectivity index (χ2n) is 5.14. The molecule has 0 unspecified atom stereocenters. The van der Waals surface area contributed by atoms with Gasteiger partial charge in [-0.15, -0.1) is 0 Å². The summed E-state index contributed by atoms with van der Waals surface area (Å²) in [5, 5.41) is 13.2. The van der Waals surface area contributed by atoms with E-state index in [9.17, 15) is 9.90 Å². The maximum Gasteiger partial charge on any atom is 0.335 e. The molecule has 3 rings (SSSR count). The summed E-state index contributed by atoms with van der Waals surface area (Å²) in [6.07, 6.45) is 0.759. The fourth-order valence-corrected chi connectivity index (χ4v) is 2.72. The Labute approximate surface area is 116 Å². The van der Waals surface area contributed by atoms with Gasteiger partial charge in [0.1, 0.15) is 5.76 Å². The van der Waals surface area contributed by atoms with Crippen molar-refractivity contribution in [1.29, 1.82) is 0 Å². The van der Waals surface area contributed by atoms with E-state index in [0.29, 0.717) is 5.56 Å². The Kier molecular flexibility index (Phi) is 3.28. The van der Waals surface area contributed by atoms with E-state index in [1.807, 2.05) is 25.1 Å². The van der Waals surface area contributed by atoms with Gasteiger partial charge in [0, 0.05) is 25.7 Å². The summed E-state index contributed by atoms with van der Waals surface area (Å²) >= 11 is 0. The monoisotopic (exact) mass is 272 g/mol. The van der Waals surface area contributed by atoms with Crippen molar-refractivity contribution in [2.24, 2.45) is 0 Å². The number of hydrogen-bond donors (Lipinski definition) is 1. The lowest BCUT2D eigenvalue weighted by Crippen LogP contribution is -2.31. The minimum absolute atomic E-state index is 0.430. The van der Waals surface area contributed by atoms with Crippen molar-refractivity contribution in [2.75, 3.05) is 6.54 Å². The molecule has 0 saturated carbocycles. The summed E-state index contributed by atoms with van der Waals surface area (Å²) in [5.41, 5.74) is 3.41. The Bertz CT molecular complexity index is 648. The van der Waals surface area contributed by atoms with Crippen LogP contribution in [-0.2, 0) is 19.5 Å². The van der Waals surface area contributed by atoms with Crippen molar-refractivity contribution < 1.29 is 14.4 Å². The molecule has 5 heteroatoms. The molecular weight excluding hydrogens is 256 g/mol. The fraction of sp³-hybridized carbons (Fsp3) is 0.333. The highest BCUT2D eigenvalue weighted by atomic mass is 16.5. The number of aromatic carboxylic acids is 1. The molecule has 104 valence electrons. The van der Waals surface area contributed by atoms with Crippen LogP contribution in [0.5, 0.6) is 0 Å². The van der Waals surface area contributed by atoms with E-state index in [-0.39, 0.29) is 0 Å². The number of carbonyl (C=O) groups is 1. The normalized spacial score (nSPS) is 15.1. The van der Waals surface area contributed by atoms with Gasteiger partial charge < -0.3 is 9.63 Å². The van der Waals surface area contributed by atoms with Gasteiger partial charge in [-0.05, 0) is 30.5 Å². The molecule has 0 saturated heterocycles. The molecule has 1 N–H and O–H groups in total. The van der Waals surface area contributed by atoms with E-state index in [1.54, 1.807) is 6.07 Å². The van der Waals surface area contributed by atoms with E-state index in [4.69, 9.17) is 4.52 Å². The number of nitrogens with zero attached hydrogens (tertiary/aromatic N) is 2. The largest absolute Gasteiger partial charge is 0.478 e. The van der Waals surface area contributed by atoms with Gasteiger partial charge in [0.25, 0.3) is 0 Å². The van der Waals surface area contributed by atoms with E-state index >= 15 is 0 Å². The fourth-order valence-electron chi connectivity index (χ4n) is 2.72. The van der Waals surface area contributed by atoms with Gasteiger partial charge in [-0.2, -0.15) is 0 Å².